The fraction of sp³-hybridized carbons (Fsp3) is 0.522. The molecule has 0 aromatic heterocycles. The molecule has 0 saturated carbocycles. The highest BCUT2D eigenvalue weighted by molar-refractivity contribution is 5.85. The summed E-state index contributed by atoms with van der Waals surface area (Å²) in [6.07, 6.45) is 9.14. The highest BCUT2D eigenvalue weighted by Gasteiger charge is 2.24. The van der Waals surface area contributed by atoms with E-state index in [1.807, 2.05) is 0 Å². The van der Waals surface area contributed by atoms with Crippen molar-refractivity contribution in [2.45, 2.75) is 32.1 Å². The van der Waals surface area contributed by atoms with E-state index in [2.05, 4.69) is 40.1 Å². The first-order valence-corrected chi connectivity index (χ1v) is 10.4. The summed E-state index contributed by atoms with van der Waals surface area (Å²) in [5, 5.41) is 0. The summed E-state index contributed by atoms with van der Waals surface area (Å²) in [7, 11) is 0. The Morgan fingerprint density at radius 2 is 1.89 bits per heavy atom. The Morgan fingerprint density at radius 3 is 2.70 bits per heavy atom. The molecule has 0 aliphatic carbocycles. The van der Waals surface area contributed by atoms with Crippen LogP contribution in [0.15, 0.2) is 58.9 Å². The Kier molecular flexibility index (Phi) is 6.03. The summed E-state index contributed by atoms with van der Waals surface area (Å²) in [5.74, 6) is 1.80. The number of hydrogen-bond acceptors (Lipinski definition) is 3. The summed E-state index contributed by atoms with van der Waals surface area (Å²) in [5.41, 5.74) is 2.66. The molecule has 0 atom stereocenters. The van der Waals surface area contributed by atoms with Gasteiger partial charge in [-0.15, -0.1) is 0 Å². The highest BCUT2D eigenvalue weighted by atomic mass is 19.1. The van der Waals surface area contributed by atoms with Gasteiger partial charge in [0.2, 0.25) is 0 Å². The Hall–Kier alpha value is -1.94. The van der Waals surface area contributed by atoms with Gasteiger partial charge in [0.1, 0.15) is 11.7 Å². The number of nitrogens with zero attached hydrogens (tertiary/aromatic N) is 3. The van der Waals surface area contributed by atoms with Gasteiger partial charge in [0.25, 0.3) is 0 Å². The lowest BCUT2D eigenvalue weighted by molar-refractivity contribution is 0.199. The number of amidine groups is 1. The number of fused-ring (bicyclic) bond motifs is 2. The Morgan fingerprint density at radius 1 is 1.07 bits per heavy atom. The minimum Gasteiger partial charge on any atom is -0.355 e. The molecule has 0 N–H and O–H groups in total. The number of allylic oxidation sites excluding steroid dienone is 2. The van der Waals surface area contributed by atoms with Crippen LogP contribution in [0, 0.1) is 5.92 Å². The Bertz CT molecular complexity index is 714. The number of benzene rings is 1. The van der Waals surface area contributed by atoms with E-state index in [0.29, 0.717) is 6.54 Å². The lowest BCUT2D eigenvalue weighted by Gasteiger charge is -2.36. The molecule has 4 heteroatoms. The van der Waals surface area contributed by atoms with Crippen LogP contribution in [0.4, 0.5) is 4.39 Å². The van der Waals surface area contributed by atoms with Gasteiger partial charge in [0, 0.05) is 13.1 Å². The normalized spacial score (nSPS) is 26.1. The van der Waals surface area contributed by atoms with E-state index in [-0.39, 0.29) is 5.83 Å². The van der Waals surface area contributed by atoms with Gasteiger partial charge in [0.15, 0.2) is 0 Å². The molecule has 3 nitrogen and oxygen atoms in total. The lowest BCUT2D eigenvalue weighted by atomic mass is 9.90. The van der Waals surface area contributed by atoms with Crippen molar-refractivity contribution in [3.63, 3.8) is 0 Å². The van der Waals surface area contributed by atoms with Crippen LogP contribution in [0.3, 0.4) is 0 Å². The van der Waals surface area contributed by atoms with Crippen molar-refractivity contribution in [3.05, 3.63) is 59.4 Å². The van der Waals surface area contributed by atoms with Gasteiger partial charge in [-0.25, -0.2) is 4.39 Å². The molecule has 2 fully saturated rings. The molecule has 2 bridgehead atoms. The molecule has 2 saturated heterocycles. The van der Waals surface area contributed by atoms with Crippen LogP contribution in [-0.2, 0) is 6.42 Å². The van der Waals surface area contributed by atoms with Crippen LogP contribution in [-0.4, -0.2) is 54.9 Å². The molecule has 0 spiro atoms. The van der Waals surface area contributed by atoms with Crippen LogP contribution in [0.25, 0.3) is 0 Å². The second-order valence-corrected chi connectivity index (χ2v) is 8.08. The lowest BCUT2D eigenvalue weighted by Crippen LogP contribution is -2.45. The first-order valence-electron chi connectivity index (χ1n) is 10.4. The zero-order chi connectivity index (χ0) is 18.5. The predicted molar refractivity (Wildman–Crippen MR) is 110 cm³/mol. The maximum absolute atomic E-state index is 13.9. The number of halogens is 1. The molecule has 3 aliphatic heterocycles. The van der Waals surface area contributed by atoms with Gasteiger partial charge < -0.3 is 4.90 Å². The molecule has 1 aromatic carbocycles. The van der Waals surface area contributed by atoms with E-state index in [9.17, 15) is 4.39 Å². The second-order valence-electron chi connectivity index (χ2n) is 8.08. The van der Waals surface area contributed by atoms with Crippen LogP contribution in [0.1, 0.15) is 31.2 Å². The smallest absolute Gasteiger partial charge is 0.121 e. The van der Waals surface area contributed by atoms with Crippen LogP contribution >= 0.6 is 0 Å². The van der Waals surface area contributed by atoms with Crippen molar-refractivity contribution in [3.8, 4) is 0 Å². The fourth-order valence-electron chi connectivity index (χ4n) is 4.48. The Labute approximate surface area is 162 Å². The third-order valence-electron chi connectivity index (χ3n) is 6.03. The van der Waals surface area contributed by atoms with E-state index in [4.69, 9.17) is 4.99 Å². The number of likely N-dealkylation sites (tertiary alicyclic amines) is 1. The maximum atomic E-state index is 13.9. The van der Waals surface area contributed by atoms with E-state index in [1.165, 1.54) is 30.4 Å². The fourth-order valence-corrected chi connectivity index (χ4v) is 4.48. The third kappa shape index (κ3) is 5.07. The van der Waals surface area contributed by atoms with E-state index >= 15 is 0 Å². The van der Waals surface area contributed by atoms with Gasteiger partial charge >= 0.3 is 0 Å². The van der Waals surface area contributed by atoms with E-state index in [1.54, 1.807) is 12.2 Å². The molecular weight excluding hydrogens is 337 g/mol. The van der Waals surface area contributed by atoms with Gasteiger partial charge in [-0.05, 0) is 74.4 Å². The van der Waals surface area contributed by atoms with Crippen molar-refractivity contribution < 1.29 is 4.39 Å². The topological polar surface area (TPSA) is 18.8 Å². The molecule has 0 radical (unpaired) electrons. The zero-order valence-electron chi connectivity index (χ0n) is 16.1. The SMILES string of the molecule is FC1=C/CN=C(CN2CCC(Cc3ccccc3)CC2)N2CCC\C(=C\1)C2. The van der Waals surface area contributed by atoms with E-state index in [0.717, 1.165) is 57.3 Å². The van der Waals surface area contributed by atoms with Gasteiger partial charge in [0.05, 0.1) is 13.1 Å². The largest absolute Gasteiger partial charge is 0.355 e. The molecule has 3 heterocycles. The van der Waals surface area contributed by atoms with Gasteiger partial charge in [-0.2, -0.15) is 0 Å². The van der Waals surface area contributed by atoms with Gasteiger partial charge in [-0.3, -0.25) is 9.89 Å². The summed E-state index contributed by atoms with van der Waals surface area (Å²) in [6.45, 7) is 5.51. The molecule has 0 unspecified atom stereocenters. The molecule has 1 aromatic rings. The first kappa shape index (κ1) is 18.4. The molecular formula is C23H30FN3. The summed E-state index contributed by atoms with van der Waals surface area (Å²) < 4.78 is 13.9. The predicted octanol–water partition coefficient (Wildman–Crippen LogP) is 4.23. The minimum atomic E-state index is -0.126. The van der Waals surface area contributed by atoms with Crippen LogP contribution < -0.4 is 0 Å². The van der Waals surface area contributed by atoms with Crippen molar-refractivity contribution in [2.75, 3.05) is 39.3 Å². The Balaban J connectivity index is 1.34. The molecule has 144 valence electrons. The van der Waals surface area contributed by atoms with E-state index < -0.39 is 0 Å². The maximum Gasteiger partial charge on any atom is 0.121 e. The summed E-state index contributed by atoms with van der Waals surface area (Å²) >= 11 is 0. The average Bonchev–Trinajstić information content (AvgIpc) is 2.73. The summed E-state index contributed by atoms with van der Waals surface area (Å²) in [4.78, 5) is 9.66. The quantitative estimate of drug-likeness (QED) is 0.793. The zero-order valence-corrected chi connectivity index (χ0v) is 16.1. The summed E-state index contributed by atoms with van der Waals surface area (Å²) in [6, 6.07) is 10.8. The minimum absolute atomic E-state index is 0.126. The molecule has 3 aliphatic rings. The molecule has 27 heavy (non-hydrogen) atoms. The first-order chi connectivity index (χ1) is 13.3. The third-order valence-corrected chi connectivity index (χ3v) is 6.03. The van der Waals surface area contributed by atoms with Crippen molar-refractivity contribution in [1.29, 1.82) is 0 Å². The molecule has 4 rings (SSSR count). The van der Waals surface area contributed by atoms with Gasteiger partial charge in [-0.1, -0.05) is 30.3 Å². The number of piperidine rings is 2. The number of hydrogen-bond donors (Lipinski definition) is 0. The van der Waals surface area contributed by atoms with Crippen molar-refractivity contribution >= 4 is 5.84 Å². The number of aliphatic imine (C=N–C) groups is 1. The monoisotopic (exact) mass is 367 g/mol. The van der Waals surface area contributed by atoms with Crippen LogP contribution in [0.2, 0.25) is 0 Å². The highest BCUT2D eigenvalue weighted by Crippen LogP contribution is 2.23. The van der Waals surface area contributed by atoms with Crippen molar-refractivity contribution in [1.82, 2.24) is 9.80 Å². The second kappa shape index (κ2) is 8.83. The standard InChI is InChI=1S/C23H30FN3/c24-22-8-11-25-23(27-12-4-7-21(16-22)17-27)18-26-13-9-20(10-14-26)15-19-5-2-1-3-6-19/h1-3,5-6,8,16,20H,4,7,9-15,17-18H2/b21-16-,22-8+,25-23?. The average molecular weight is 368 g/mol. The van der Waals surface area contributed by atoms with Crippen LogP contribution in [0.5, 0.6) is 0 Å². The van der Waals surface area contributed by atoms with Crippen molar-refractivity contribution in [2.24, 2.45) is 10.9 Å². The molecule has 0 amide bonds. The number of rotatable bonds is 4.